The van der Waals surface area contributed by atoms with E-state index in [-0.39, 0.29) is 11.2 Å². The summed E-state index contributed by atoms with van der Waals surface area (Å²) in [7, 11) is -3.19. The standard InChI is InChI=1S/C16H15N5O3S3/c22-15(9-1-4-11-13(7-9)20-26-19-11)18-16-17-12-5-6-21(8-14(12)25-16)27(23,24)10-2-3-10/h1,4,7,10H,2-3,5-6,8H2,(H,17,18,22). The van der Waals surface area contributed by atoms with Crippen molar-refractivity contribution < 1.29 is 13.2 Å². The Hall–Kier alpha value is -1.95. The molecule has 3 heterocycles. The number of aromatic nitrogens is 3. The third-order valence-electron chi connectivity index (χ3n) is 4.74. The van der Waals surface area contributed by atoms with E-state index in [0.717, 1.165) is 40.7 Å². The summed E-state index contributed by atoms with van der Waals surface area (Å²) in [5.74, 6) is -0.265. The van der Waals surface area contributed by atoms with Gasteiger partial charge in [0.15, 0.2) is 5.13 Å². The number of fused-ring (bicyclic) bond motifs is 2. The van der Waals surface area contributed by atoms with E-state index >= 15 is 0 Å². The van der Waals surface area contributed by atoms with Gasteiger partial charge in [0.2, 0.25) is 10.0 Å². The highest BCUT2D eigenvalue weighted by atomic mass is 32.2. The Kier molecular flexibility index (Phi) is 4.00. The first-order valence-corrected chi connectivity index (χ1v) is 11.6. The van der Waals surface area contributed by atoms with Crippen molar-refractivity contribution in [3.05, 3.63) is 34.3 Å². The van der Waals surface area contributed by atoms with Crippen molar-refractivity contribution in [2.24, 2.45) is 0 Å². The maximum Gasteiger partial charge on any atom is 0.257 e. The van der Waals surface area contributed by atoms with Crippen LogP contribution in [0.3, 0.4) is 0 Å². The molecule has 0 spiro atoms. The largest absolute Gasteiger partial charge is 0.298 e. The molecule has 0 unspecified atom stereocenters. The number of carbonyl (C=O) groups excluding carboxylic acids is 1. The van der Waals surface area contributed by atoms with Crippen LogP contribution in [0.15, 0.2) is 18.2 Å². The van der Waals surface area contributed by atoms with Crippen LogP contribution in [-0.4, -0.2) is 44.2 Å². The Morgan fingerprint density at radius 3 is 2.85 bits per heavy atom. The second kappa shape index (κ2) is 6.30. The molecule has 27 heavy (non-hydrogen) atoms. The molecule has 1 aromatic carbocycles. The van der Waals surface area contributed by atoms with E-state index in [0.29, 0.717) is 35.7 Å². The van der Waals surface area contributed by atoms with Gasteiger partial charge in [-0.3, -0.25) is 10.1 Å². The third-order valence-corrected chi connectivity index (χ3v) is 8.64. The highest BCUT2D eigenvalue weighted by Gasteiger charge is 2.41. The first kappa shape index (κ1) is 17.2. The number of sulfonamides is 1. The molecule has 1 aliphatic carbocycles. The molecule has 1 aliphatic heterocycles. The Balaban J connectivity index is 1.34. The first-order valence-electron chi connectivity index (χ1n) is 8.52. The molecule has 11 heteroatoms. The lowest BCUT2D eigenvalue weighted by Crippen LogP contribution is -2.37. The smallest absolute Gasteiger partial charge is 0.257 e. The van der Waals surface area contributed by atoms with E-state index in [4.69, 9.17) is 0 Å². The number of carbonyl (C=O) groups is 1. The van der Waals surface area contributed by atoms with Crippen LogP contribution >= 0.6 is 23.1 Å². The minimum atomic E-state index is -3.19. The highest BCUT2D eigenvalue weighted by Crippen LogP contribution is 2.35. The van der Waals surface area contributed by atoms with E-state index in [9.17, 15) is 13.2 Å². The predicted molar refractivity (Wildman–Crippen MR) is 104 cm³/mol. The number of anilines is 1. The van der Waals surface area contributed by atoms with Gasteiger partial charge in [0.25, 0.3) is 5.91 Å². The van der Waals surface area contributed by atoms with Crippen LogP contribution in [0.25, 0.3) is 11.0 Å². The van der Waals surface area contributed by atoms with Gasteiger partial charge in [-0.1, -0.05) is 0 Å². The lowest BCUT2D eigenvalue weighted by atomic mass is 10.2. The molecule has 5 rings (SSSR count). The zero-order chi connectivity index (χ0) is 18.6. The molecule has 1 amide bonds. The van der Waals surface area contributed by atoms with Gasteiger partial charge >= 0.3 is 0 Å². The number of benzene rings is 1. The lowest BCUT2D eigenvalue weighted by molar-refractivity contribution is 0.102. The maximum absolute atomic E-state index is 12.5. The molecule has 2 aromatic heterocycles. The molecular weight excluding hydrogens is 406 g/mol. The third kappa shape index (κ3) is 3.14. The number of nitrogens with zero attached hydrogens (tertiary/aromatic N) is 4. The van der Waals surface area contributed by atoms with Crippen LogP contribution < -0.4 is 5.32 Å². The molecule has 1 fully saturated rings. The Bertz CT molecular complexity index is 1150. The Morgan fingerprint density at radius 1 is 1.22 bits per heavy atom. The van der Waals surface area contributed by atoms with Crippen molar-refractivity contribution in [3.8, 4) is 0 Å². The summed E-state index contributed by atoms with van der Waals surface area (Å²) in [6, 6.07) is 5.17. The van der Waals surface area contributed by atoms with E-state index in [1.807, 2.05) is 0 Å². The van der Waals surface area contributed by atoms with Gasteiger partial charge in [-0.25, -0.2) is 13.4 Å². The average Bonchev–Trinajstić information content (AvgIpc) is 3.29. The summed E-state index contributed by atoms with van der Waals surface area (Å²) in [5, 5.41) is 3.10. The van der Waals surface area contributed by atoms with Gasteiger partial charge in [-0.2, -0.15) is 13.1 Å². The van der Waals surface area contributed by atoms with E-state index < -0.39 is 10.0 Å². The quantitative estimate of drug-likeness (QED) is 0.693. The Labute approximate surface area is 163 Å². The van der Waals surface area contributed by atoms with E-state index in [2.05, 4.69) is 19.0 Å². The van der Waals surface area contributed by atoms with Crippen LogP contribution in [0.1, 0.15) is 33.8 Å². The van der Waals surface area contributed by atoms with Gasteiger partial charge in [0, 0.05) is 30.0 Å². The summed E-state index contributed by atoms with van der Waals surface area (Å²) in [4.78, 5) is 17.9. The molecule has 2 aliphatic rings. The zero-order valence-electron chi connectivity index (χ0n) is 14.1. The fourth-order valence-corrected chi connectivity index (χ4v) is 6.54. The maximum atomic E-state index is 12.5. The van der Waals surface area contributed by atoms with Crippen LogP contribution in [0.2, 0.25) is 0 Å². The molecule has 3 aromatic rings. The number of amides is 1. The second-order valence-corrected chi connectivity index (χ2v) is 10.5. The van der Waals surface area contributed by atoms with Gasteiger partial charge in [0.05, 0.1) is 22.7 Å². The molecule has 1 saturated carbocycles. The van der Waals surface area contributed by atoms with Crippen molar-refractivity contribution in [1.29, 1.82) is 0 Å². The molecule has 8 nitrogen and oxygen atoms in total. The molecule has 0 atom stereocenters. The second-order valence-electron chi connectivity index (χ2n) is 6.64. The number of nitrogens with one attached hydrogen (secondary N) is 1. The SMILES string of the molecule is O=C(Nc1nc2c(s1)CN(S(=O)(=O)C1CC1)CC2)c1ccc2nsnc2c1. The summed E-state index contributed by atoms with van der Waals surface area (Å²) >= 11 is 2.45. The first-order chi connectivity index (χ1) is 13.0. The minimum absolute atomic E-state index is 0.207. The van der Waals surface area contributed by atoms with Gasteiger partial charge < -0.3 is 0 Å². The van der Waals surface area contributed by atoms with Crippen molar-refractivity contribution in [2.45, 2.75) is 31.1 Å². The molecule has 1 N–H and O–H groups in total. The molecule has 0 saturated heterocycles. The van der Waals surface area contributed by atoms with E-state index in [1.54, 1.807) is 22.5 Å². The number of thiazole rings is 1. The molecular formula is C16H15N5O3S3. The monoisotopic (exact) mass is 421 g/mol. The normalized spacial score (nSPS) is 17.8. The zero-order valence-corrected chi connectivity index (χ0v) is 16.5. The summed E-state index contributed by atoms with van der Waals surface area (Å²) in [6.07, 6.45) is 2.09. The Morgan fingerprint density at radius 2 is 2.04 bits per heavy atom. The number of hydrogen-bond acceptors (Lipinski definition) is 8. The average molecular weight is 422 g/mol. The van der Waals surface area contributed by atoms with Crippen LogP contribution in [-0.2, 0) is 23.0 Å². The molecule has 0 bridgehead atoms. The van der Waals surface area contributed by atoms with E-state index in [1.165, 1.54) is 11.3 Å². The topological polar surface area (TPSA) is 105 Å². The molecule has 0 radical (unpaired) electrons. The van der Waals surface area contributed by atoms with Crippen molar-refractivity contribution >= 4 is 55.2 Å². The highest BCUT2D eigenvalue weighted by molar-refractivity contribution is 7.90. The number of hydrogen-bond donors (Lipinski definition) is 1. The fraction of sp³-hybridized carbons (Fsp3) is 0.375. The van der Waals surface area contributed by atoms with Crippen molar-refractivity contribution in [3.63, 3.8) is 0 Å². The van der Waals surface area contributed by atoms with Crippen molar-refractivity contribution in [2.75, 3.05) is 11.9 Å². The van der Waals surface area contributed by atoms with Crippen LogP contribution in [0.4, 0.5) is 5.13 Å². The summed E-state index contributed by atoms with van der Waals surface area (Å²) in [6.45, 7) is 0.800. The summed E-state index contributed by atoms with van der Waals surface area (Å²) in [5.41, 5.74) is 2.81. The van der Waals surface area contributed by atoms with Gasteiger partial charge in [-0.05, 0) is 31.0 Å². The molecule has 140 valence electrons. The fourth-order valence-electron chi connectivity index (χ4n) is 3.11. The number of rotatable bonds is 4. The van der Waals surface area contributed by atoms with Crippen LogP contribution in [0.5, 0.6) is 0 Å². The van der Waals surface area contributed by atoms with Gasteiger partial charge in [0.1, 0.15) is 11.0 Å². The lowest BCUT2D eigenvalue weighted by Gasteiger charge is -2.25. The van der Waals surface area contributed by atoms with Gasteiger partial charge in [-0.15, -0.1) is 11.3 Å². The van der Waals surface area contributed by atoms with Crippen LogP contribution in [0, 0.1) is 0 Å². The summed E-state index contributed by atoms with van der Waals surface area (Å²) < 4.78 is 34.7. The predicted octanol–water partition coefficient (Wildman–Crippen LogP) is 2.25. The van der Waals surface area contributed by atoms with Crippen molar-refractivity contribution in [1.82, 2.24) is 18.0 Å². The minimum Gasteiger partial charge on any atom is -0.298 e.